The topological polar surface area (TPSA) is 52.7 Å². The number of hydrogen-bond donors (Lipinski definition) is 1. The van der Waals surface area contributed by atoms with Gasteiger partial charge in [-0.05, 0) is 32.6 Å². The zero-order valence-electron chi connectivity index (χ0n) is 11.5. The van der Waals surface area contributed by atoms with Gasteiger partial charge in [0.15, 0.2) is 0 Å². The summed E-state index contributed by atoms with van der Waals surface area (Å²) in [5.41, 5.74) is -0.740. The van der Waals surface area contributed by atoms with Gasteiger partial charge in [0.05, 0.1) is 0 Å². The maximum Gasteiger partial charge on any atom is 0.320 e. The van der Waals surface area contributed by atoms with Crippen LogP contribution in [0.2, 0.25) is 0 Å². The molecule has 2 aliphatic heterocycles. The zero-order valence-corrected chi connectivity index (χ0v) is 11.5. The molecule has 0 aliphatic carbocycles. The highest BCUT2D eigenvalue weighted by molar-refractivity contribution is 5.91. The summed E-state index contributed by atoms with van der Waals surface area (Å²) >= 11 is 0. The van der Waals surface area contributed by atoms with Gasteiger partial charge < -0.3 is 15.1 Å². The third-order valence-electron chi connectivity index (χ3n) is 4.01. The molecule has 2 fully saturated rings. The molecule has 3 amide bonds. The number of nitrogens with zero attached hydrogens (tertiary/aromatic N) is 2. The molecule has 0 bridgehead atoms. The Morgan fingerprint density at radius 2 is 2.11 bits per heavy atom. The predicted octanol–water partition coefficient (Wildman–Crippen LogP) is 1.05. The summed E-state index contributed by atoms with van der Waals surface area (Å²) in [4.78, 5) is 28.0. The molecule has 5 heteroatoms. The van der Waals surface area contributed by atoms with Crippen molar-refractivity contribution in [3.63, 3.8) is 0 Å². The first-order chi connectivity index (χ1) is 8.43. The van der Waals surface area contributed by atoms with Gasteiger partial charge in [0, 0.05) is 26.2 Å². The van der Waals surface area contributed by atoms with Crippen LogP contribution in [-0.2, 0) is 4.79 Å². The molecule has 0 spiro atoms. The highest BCUT2D eigenvalue weighted by atomic mass is 16.2. The zero-order chi connectivity index (χ0) is 13.3. The van der Waals surface area contributed by atoms with Crippen LogP contribution < -0.4 is 5.32 Å². The lowest BCUT2D eigenvalue weighted by Gasteiger charge is -2.44. The van der Waals surface area contributed by atoms with Crippen molar-refractivity contribution in [3.8, 4) is 0 Å². The average Bonchev–Trinajstić information content (AvgIpc) is 2.32. The third-order valence-corrected chi connectivity index (χ3v) is 4.01. The SMILES string of the molecule is CC1CCCN(C(=O)N2CCNC(=O)C2(C)C)C1. The Kier molecular flexibility index (Phi) is 3.50. The van der Waals surface area contributed by atoms with Crippen molar-refractivity contribution in [2.75, 3.05) is 26.2 Å². The first-order valence-electron chi connectivity index (χ1n) is 6.78. The molecule has 5 nitrogen and oxygen atoms in total. The lowest BCUT2D eigenvalue weighted by molar-refractivity contribution is -0.133. The Morgan fingerprint density at radius 3 is 2.78 bits per heavy atom. The number of nitrogens with one attached hydrogen (secondary N) is 1. The summed E-state index contributed by atoms with van der Waals surface area (Å²) in [5, 5.41) is 2.82. The Hall–Kier alpha value is -1.26. The molecule has 1 N–H and O–H groups in total. The lowest BCUT2D eigenvalue weighted by Crippen LogP contribution is -2.66. The second-order valence-electron chi connectivity index (χ2n) is 5.94. The molecule has 0 aromatic carbocycles. The number of carbonyl (C=O) groups excluding carboxylic acids is 2. The fraction of sp³-hybridized carbons (Fsp3) is 0.846. The second-order valence-corrected chi connectivity index (χ2v) is 5.94. The van der Waals surface area contributed by atoms with Gasteiger partial charge in [-0.15, -0.1) is 0 Å². The number of amides is 3. The van der Waals surface area contributed by atoms with Crippen molar-refractivity contribution in [1.82, 2.24) is 15.1 Å². The Labute approximate surface area is 108 Å². The van der Waals surface area contributed by atoms with Gasteiger partial charge in [-0.2, -0.15) is 0 Å². The number of piperidine rings is 1. The Morgan fingerprint density at radius 1 is 1.39 bits per heavy atom. The smallest absolute Gasteiger partial charge is 0.320 e. The van der Waals surface area contributed by atoms with E-state index >= 15 is 0 Å². The van der Waals surface area contributed by atoms with Gasteiger partial charge in [0.2, 0.25) is 5.91 Å². The number of hydrogen-bond acceptors (Lipinski definition) is 2. The van der Waals surface area contributed by atoms with Crippen molar-refractivity contribution in [3.05, 3.63) is 0 Å². The van der Waals surface area contributed by atoms with Crippen LogP contribution in [0.4, 0.5) is 4.79 Å². The van der Waals surface area contributed by atoms with E-state index < -0.39 is 5.54 Å². The van der Waals surface area contributed by atoms with Crippen LogP contribution >= 0.6 is 0 Å². The summed E-state index contributed by atoms with van der Waals surface area (Å²) < 4.78 is 0. The number of carbonyl (C=O) groups is 2. The first-order valence-corrected chi connectivity index (χ1v) is 6.78. The minimum Gasteiger partial charge on any atom is -0.352 e. The fourth-order valence-electron chi connectivity index (χ4n) is 2.77. The largest absolute Gasteiger partial charge is 0.352 e. The van der Waals surface area contributed by atoms with E-state index in [1.165, 1.54) is 6.42 Å². The Balaban J connectivity index is 2.10. The van der Waals surface area contributed by atoms with Crippen LogP contribution in [0.15, 0.2) is 0 Å². The molecule has 0 aromatic rings. The third kappa shape index (κ3) is 2.31. The summed E-state index contributed by atoms with van der Waals surface area (Å²) in [6.07, 6.45) is 2.25. The van der Waals surface area contributed by atoms with Crippen molar-refractivity contribution in [2.24, 2.45) is 5.92 Å². The van der Waals surface area contributed by atoms with Gasteiger partial charge in [0.25, 0.3) is 0 Å². The lowest BCUT2D eigenvalue weighted by atomic mass is 9.98. The molecule has 0 aromatic heterocycles. The van der Waals surface area contributed by atoms with E-state index in [9.17, 15) is 9.59 Å². The fourth-order valence-corrected chi connectivity index (χ4v) is 2.77. The van der Waals surface area contributed by atoms with E-state index in [0.29, 0.717) is 19.0 Å². The summed E-state index contributed by atoms with van der Waals surface area (Å²) in [5.74, 6) is 0.497. The number of rotatable bonds is 0. The van der Waals surface area contributed by atoms with Crippen molar-refractivity contribution < 1.29 is 9.59 Å². The molecule has 1 unspecified atom stereocenters. The van der Waals surface area contributed by atoms with E-state index in [-0.39, 0.29) is 11.9 Å². The van der Waals surface area contributed by atoms with Crippen LogP contribution in [0.5, 0.6) is 0 Å². The number of piperazine rings is 1. The van der Waals surface area contributed by atoms with Crippen LogP contribution in [0.25, 0.3) is 0 Å². The van der Waals surface area contributed by atoms with E-state index in [1.807, 2.05) is 18.7 Å². The minimum atomic E-state index is -0.740. The van der Waals surface area contributed by atoms with Crippen LogP contribution in [0.1, 0.15) is 33.6 Å². The van der Waals surface area contributed by atoms with E-state index in [2.05, 4.69) is 12.2 Å². The van der Waals surface area contributed by atoms with Gasteiger partial charge in [-0.1, -0.05) is 6.92 Å². The average molecular weight is 253 g/mol. The van der Waals surface area contributed by atoms with Gasteiger partial charge in [0.1, 0.15) is 5.54 Å². The molecule has 102 valence electrons. The van der Waals surface area contributed by atoms with E-state index in [4.69, 9.17) is 0 Å². The summed E-state index contributed by atoms with van der Waals surface area (Å²) in [6.45, 7) is 8.58. The maximum absolute atomic E-state index is 12.5. The van der Waals surface area contributed by atoms with Crippen LogP contribution in [-0.4, -0.2) is 53.5 Å². The first kappa shape index (κ1) is 13.2. The molecule has 1 atom stereocenters. The molecule has 2 heterocycles. The van der Waals surface area contributed by atoms with E-state index in [1.54, 1.807) is 4.90 Å². The molecular formula is C13H23N3O2. The van der Waals surface area contributed by atoms with E-state index in [0.717, 1.165) is 19.5 Å². The summed E-state index contributed by atoms with van der Waals surface area (Å²) in [7, 11) is 0. The molecular weight excluding hydrogens is 230 g/mol. The summed E-state index contributed by atoms with van der Waals surface area (Å²) in [6, 6.07) is 0.0152. The monoisotopic (exact) mass is 253 g/mol. The Bertz CT molecular complexity index is 354. The molecule has 0 saturated carbocycles. The minimum absolute atomic E-state index is 0.0152. The molecule has 2 rings (SSSR count). The maximum atomic E-state index is 12.5. The van der Waals surface area contributed by atoms with Gasteiger partial charge >= 0.3 is 6.03 Å². The van der Waals surface area contributed by atoms with Crippen LogP contribution in [0, 0.1) is 5.92 Å². The second kappa shape index (κ2) is 4.78. The van der Waals surface area contributed by atoms with Gasteiger partial charge in [-0.3, -0.25) is 4.79 Å². The highest BCUT2D eigenvalue weighted by Crippen LogP contribution is 2.23. The molecule has 2 saturated heterocycles. The normalized spacial score (nSPS) is 27.9. The number of urea groups is 1. The van der Waals surface area contributed by atoms with Crippen LogP contribution in [0.3, 0.4) is 0 Å². The highest BCUT2D eigenvalue weighted by Gasteiger charge is 2.42. The quantitative estimate of drug-likeness (QED) is 0.701. The standard InChI is InChI=1S/C13H23N3O2/c1-10-5-4-7-15(9-10)12(18)16-8-6-14-11(17)13(16,2)3/h10H,4-9H2,1-3H3,(H,14,17). The molecule has 18 heavy (non-hydrogen) atoms. The van der Waals surface area contributed by atoms with Crippen molar-refractivity contribution >= 4 is 11.9 Å². The molecule has 0 radical (unpaired) electrons. The van der Waals surface area contributed by atoms with Crippen molar-refractivity contribution in [1.29, 1.82) is 0 Å². The number of likely N-dealkylation sites (tertiary alicyclic amines) is 1. The molecule has 2 aliphatic rings. The van der Waals surface area contributed by atoms with Gasteiger partial charge in [-0.25, -0.2) is 4.79 Å². The van der Waals surface area contributed by atoms with Crippen molar-refractivity contribution in [2.45, 2.75) is 39.2 Å². The predicted molar refractivity (Wildman–Crippen MR) is 69.2 cm³/mol.